The molecule has 1 saturated heterocycles. The molecule has 2 rings (SSSR count). The molecule has 1 aliphatic rings. The minimum Gasteiger partial charge on any atom is -0.489 e. The zero-order valence-corrected chi connectivity index (χ0v) is 13.4. The Balaban J connectivity index is 1.72. The van der Waals surface area contributed by atoms with Gasteiger partial charge in [-0.2, -0.15) is 0 Å². The molecule has 1 fully saturated rings. The van der Waals surface area contributed by atoms with Gasteiger partial charge in [-0.1, -0.05) is 29.3 Å². The normalized spacial score (nSPS) is 19.5. The second kappa shape index (κ2) is 8.55. The first-order chi connectivity index (χ1) is 10.6. The number of nitrogens with one attached hydrogen (secondary N) is 2. The quantitative estimate of drug-likeness (QED) is 0.709. The van der Waals surface area contributed by atoms with Gasteiger partial charge in [0.15, 0.2) is 0 Å². The fourth-order valence-corrected chi connectivity index (χ4v) is 2.26. The largest absolute Gasteiger partial charge is 0.489 e. The average molecular weight is 349 g/mol. The summed E-state index contributed by atoms with van der Waals surface area (Å²) >= 11 is 11.8. The number of amides is 1. The summed E-state index contributed by atoms with van der Waals surface area (Å²) in [4.78, 5) is 11.8. The van der Waals surface area contributed by atoms with Crippen LogP contribution >= 0.6 is 23.2 Å². The van der Waals surface area contributed by atoms with Gasteiger partial charge in [0.1, 0.15) is 29.5 Å². The lowest BCUT2D eigenvalue weighted by molar-refractivity contribution is -0.126. The molecule has 1 aromatic carbocycles. The minimum atomic E-state index is -0.858. The molecule has 0 radical (unpaired) electrons. The number of benzene rings is 1. The third-order valence-corrected chi connectivity index (χ3v) is 3.90. The molecular formula is C14H18Cl2N2O4. The lowest BCUT2D eigenvalue weighted by atomic mass is 10.2. The van der Waals surface area contributed by atoms with E-state index in [4.69, 9.17) is 32.7 Å². The van der Waals surface area contributed by atoms with E-state index < -0.39 is 6.10 Å². The zero-order valence-electron chi connectivity index (χ0n) is 11.9. The van der Waals surface area contributed by atoms with E-state index >= 15 is 0 Å². The highest BCUT2D eigenvalue weighted by molar-refractivity contribution is 6.42. The number of morpholine rings is 1. The fourth-order valence-electron chi connectivity index (χ4n) is 1.92. The molecule has 22 heavy (non-hydrogen) atoms. The van der Waals surface area contributed by atoms with Crippen LogP contribution in [0.4, 0.5) is 0 Å². The van der Waals surface area contributed by atoms with Crippen LogP contribution in [-0.2, 0) is 9.53 Å². The van der Waals surface area contributed by atoms with Gasteiger partial charge >= 0.3 is 0 Å². The van der Waals surface area contributed by atoms with E-state index in [1.165, 1.54) is 0 Å². The van der Waals surface area contributed by atoms with Crippen molar-refractivity contribution in [1.29, 1.82) is 0 Å². The van der Waals surface area contributed by atoms with E-state index in [0.717, 1.165) is 0 Å². The van der Waals surface area contributed by atoms with Gasteiger partial charge in [0.05, 0.1) is 18.2 Å². The summed E-state index contributed by atoms with van der Waals surface area (Å²) in [5, 5.41) is 16.2. The highest BCUT2D eigenvalue weighted by atomic mass is 35.5. The lowest BCUT2D eigenvalue weighted by Crippen LogP contribution is -2.52. The molecule has 122 valence electrons. The third kappa shape index (κ3) is 5.00. The van der Waals surface area contributed by atoms with Crippen LogP contribution in [0.3, 0.4) is 0 Å². The maximum atomic E-state index is 11.8. The lowest BCUT2D eigenvalue weighted by Gasteiger charge is -2.23. The average Bonchev–Trinajstić information content (AvgIpc) is 2.54. The van der Waals surface area contributed by atoms with Crippen LogP contribution in [0.1, 0.15) is 0 Å². The number of halogens is 2. The number of hydrogen-bond donors (Lipinski definition) is 3. The summed E-state index contributed by atoms with van der Waals surface area (Å²) in [6.45, 7) is 1.64. The summed E-state index contributed by atoms with van der Waals surface area (Å²) in [5.74, 6) is 0.182. The molecule has 2 atom stereocenters. The Morgan fingerprint density at radius 1 is 1.55 bits per heavy atom. The SMILES string of the molecule is O=C(NC[C@@H](O)COc1cccc(Cl)c1Cl)[C@@H]1COCCN1. The topological polar surface area (TPSA) is 79.8 Å². The minimum absolute atomic E-state index is 0.00502. The second-order valence-corrected chi connectivity index (χ2v) is 5.63. The fraction of sp³-hybridized carbons (Fsp3) is 0.500. The third-order valence-electron chi connectivity index (χ3n) is 3.10. The first-order valence-electron chi connectivity index (χ1n) is 6.91. The summed E-state index contributed by atoms with van der Waals surface area (Å²) in [5.41, 5.74) is 0. The molecule has 8 heteroatoms. The van der Waals surface area contributed by atoms with E-state index in [1.807, 2.05) is 0 Å². The van der Waals surface area contributed by atoms with Crippen LogP contribution in [0, 0.1) is 0 Å². The van der Waals surface area contributed by atoms with Crippen LogP contribution in [0.2, 0.25) is 10.0 Å². The van der Waals surface area contributed by atoms with Crippen molar-refractivity contribution in [3.05, 3.63) is 28.2 Å². The maximum absolute atomic E-state index is 11.8. The molecule has 0 spiro atoms. The molecule has 0 bridgehead atoms. The molecule has 0 saturated carbocycles. The molecule has 0 unspecified atom stereocenters. The van der Waals surface area contributed by atoms with Crippen molar-refractivity contribution >= 4 is 29.1 Å². The van der Waals surface area contributed by atoms with Crippen LogP contribution in [-0.4, -0.2) is 56.1 Å². The Bertz CT molecular complexity index is 510. The van der Waals surface area contributed by atoms with Gasteiger partial charge in [0.25, 0.3) is 0 Å². The zero-order chi connectivity index (χ0) is 15.9. The molecule has 0 aliphatic carbocycles. The summed E-state index contributed by atoms with van der Waals surface area (Å²) < 4.78 is 10.6. The highest BCUT2D eigenvalue weighted by Gasteiger charge is 2.21. The molecule has 1 amide bonds. The van der Waals surface area contributed by atoms with Crippen molar-refractivity contribution in [3.63, 3.8) is 0 Å². The molecule has 0 aromatic heterocycles. The van der Waals surface area contributed by atoms with Crippen molar-refractivity contribution in [3.8, 4) is 5.75 Å². The van der Waals surface area contributed by atoms with E-state index in [9.17, 15) is 9.90 Å². The Labute approximate surface area is 138 Å². The van der Waals surface area contributed by atoms with Crippen molar-refractivity contribution in [2.24, 2.45) is 0 Å². The van der Waals surface area contributed by atoms with Crippen LogP contribution in [0.15, 0.2) is 18.2 Å². The molecule has 3 N–H and O–H groups in total. The van der Waals surface area contributed by atoms with Gasteiger partial charge in [0.2, 0.25) is 5.91 Å². The number of aliphatic hydroxyl groups is 1. The first-order valence-corrected chi connectivity index (χ1v) is 7.67. The van der Waals surface area contributed by atoms with Crippen molar-refractivity contribution in [2.45, 2.75) is 12.1 Å². The van der Waals surface area contributed by atoms with E-state index in [1.54, 1.807) is 18.2 Å². The van der Waals surface area contributed by atoms with Crippen LogP contribution < -0.4 is 15.4 Å². The van der Waals surface area contributed by atoms with Gasteiger partial charge in [-0.05, 0) is 12.1 Å². The molecular weight excluding hydrogens is 331 g/mol. The van der Waals surface area contributed by atoms with E-state index in [2.05, 4.69) is 10.6 Å². The molecule has 1 aromatic rings. The number of carbonyl (C=O) groups excluding carboxylic acids is 1. The Kier molecular flexibility index (Phi) is 6.72. The van der Waals surface area contributed by atoms with Crippen LogP contribution in [0.25, 0.3) is 0 Å². The standard InChI is InChI=1S/C14H18Cl2N2O4/c15-10-2-1-3-12(13(10)16)22-7-9(19)6-18-14(20)11-8-21-5-4-17-11/h1-3,9,11,17,19H,4-8H2,(H,18,20)/t9-,11+/m1/s1. The van der Waals surface area contributed by atoms with E-state index in [-0.39, 0.29) is 25.1 Å². The van der Waals surface area contributed by atoms with Crippen molar-refractivity contribution < 1.29 is 19.4 Å². The van der Waals surface area contributed by atoms with Crippen LogP contribution in [0.5, 0.6) is 5.75 Å². The Hall–Kier alpha value is -1.05. The van der Waals surface area contributed by atoms with E-state index in [0.29, 0.717) is 35.6 Å². The maximum Gasteiger partial charge on any atom is 0.239 e. The first kappa shape index (κ1) is 17.3. The summed E-state index contributed by atoms with van der Waals surface area (Å²) in [6, 6.07) is 4.62. The number of carbonyl (C=O) groups is 1. The highest BCUT2D eigenvalue weighted by Crippen LogP contribution is 2.31. The Morgan fingerprint density at radius 2 is 2.36 bits per heavy atom. The monoisotopic (exact) mass is 348 g/mol. The second-order valence-electron chi connectivity index (χ2n) is 4.84. The molecule has 1 aliphatic heterocycles. The predicted molar refractivity (Wildman–Crippen MR) is 83.6 cm³/mol. The van der Waals surface area contributed by atoms with Gasteiger partial charge < -0.3 is 25.2 Å². The van der Waals surface area contributed by atoms with Crippen molar-refractivity contribution in [1.82, 2.24) is 10.6 Å². The summed E-state index contributed by atoms with van der Waals surface area (Å²) in [6.07, 6.45) is -0.858. The summed E-state index contributed by atoms with van der Waals surface area (Å²) in [7, 11) is 0. The number of rotatable bonds is 6. The Morgan fingerprint density at radius 3 is 3.09 bits per heavy atom. The number of ether oxygens (including phenoxy) is 2. The number of aliphatic hydroxyl groups excluding tert-OH is 1. The number of hydrogen-bond acceptors (Lipinski definition) is 5. The molecule has 1 heterocycles. The van der Waals surface area contributed by atoms with Gasteiger partial charge in [0, 0.05) is 13.1 Å². The van der Waals surface area contributed by atoms with Crippen molar-refractivity contribution in [2.75, 3.05) is 32.9 Å². The van der Waals surface area contributed by atoms with Gasteiger partial charge in [-0.25, -0.2) is 0 Å². The smallest absolute Gasteiger partial charge is 0.239 e. The van der Waals surface area contributed by atoms with Gasteiger partial charge in [-0.15, -0.1) is 0 Å². The predicted octanol–water partition coefficient (Wildman–Crippen LogP) is 0.838. The van der Waals surface area contributed by atoms with Gasteiger partial charge in [-0.3, -0.25) is 4.79 Å². The molecule has 6 nitrogen and oxygen atoms in total.